The second-order valence-corrected chi connectivity index (χ2v) is 7.00. The van der Waals surface area contributed by atoms with Crippen molar-refractivity contribution in [1.29, 1.82) is 0 Å². The van der Waals surface area contributed by atoms with Gasteiger partial charge in [0.2, 0.25) is 5.91 Å². The van der Waals surface area contributed by atoms with E-state index in [-0.39, 0.29) is 23.5 Å². The number of benzene rings is 2. The van der Waals surface area contributed by atoms with E-state index in [0.717, 1.165) is 23.2 Å². The highest BCUT2D eigenvalue weighted by atomic mass is 19.4. The first-order valence-corrected chi connectivity index (χ1v) is 9.49. The molecule has 0 bridgehead atoms. The number of para-hydroxylation sites is 2. The summed E-state index contributed by atoms with van der Waals surface area (Å²) in [4.78, 5) is 28.9. The molecule has 4 rings (SSSR count). The van der Waals surface area contributed by atoms with Crippen LogP contribution in [0.4, 0.5) is 13.2 Å². The van der Waals surface area contributed by atoms with Gasteiger partial charge in [0.1, 0.15) is 11.6 Å². The summed E-state index contributed by atoms with van der Waals surface area (Å²) in [6.07, 6.45) is -4.56. The van der Waals surface area contributed by atoms with Gasteiger partial charge in [-0.2, -0.15) is 13.2 Å². The lowest BCUT2D eigenvalue weighted by Crippen LogP contribution is -2.42. The van der Waals surface area contributed by atoms with Crippen molar-refractivity contribution in [3.05, 3.63) is 77.8 Å². The molecule has 0 unspecified atom stereocenters. The summed E-state index contributed by atoms with van der Waals surface area (Å²) in [5.74, 6) is -0.807. The number of aromatic nitrogens is 2. The molecule has 0 fully saturated rings. The molecule has 0 aliphatic heterocycles. The summed E-state index contributed by atoms with van der Waals surface area (Å²) in [6, 6.07) is 14.7. The van der Waals surface area contributed by atoms with Gasteiger partial charge in [-0.1, -0.05) is 24.3 Å². The van der Waals surface area contributed by atoms with Crippen molar-refractivity contribution in [1.82, 2.24) is 20.4 Å². The van der Waals surface area contributed by atoms with E-state index >= 15 is 0 Å². The highest BCUT2D eigenvalue weighted by Gasteiger charge is 2.30. The maximum atomic E-state index is 12.9. The molecule has 2 aromatic heterocycles. The number of hydrogen-bond acceptors (Lipinski definition) is 4. The molecule has 2 N–H and O–H groups in total. The largest absolute Gasteiger partial charge is 0.451 e. The molecule has 0 saturated carbocycles. The number of aryl methyl sites for hydroxylation is 1. The molecule has 0 spiro atoms. The Bertz CT molecular complexity index is 1310. The quantitative estimate of drug-likeness (QED) is 0.470. The minimum atomic E-state index is -4.49. The van der Waals surface area contributed by atoms with E-state index in [0.29, 0.717) is 5.82 Å². The zero-order valence-electron chi connectivity index (χ0n) is 16.7. The van der Waals surface area contributed by atoms with Crippen LogP contribution in [-0.2, 0) is 24.4 Å². The molecule has 4 aromatic rings. The summed E-state index contributed by atoms with van der Waals surface area (Å²) < 4.78 is 45.8. The van der Waals surface area contributed by atoms with Crippen LogP contribution in [0.5, 0.6) is 0 Å². The Morgan fingerprint density at radius 1 is 1.03 bits per heavy atom. The Morgan fingerprint density at radius 3 is 2.56 bits per heavy atom. The second kappa shape index (κ2) is 8.22. The molecule has 2 amide bonds. The van der Waals surface area contributed by atoms with Gasteiger partial charge >= 0.3 is 12.1 Å². The maximum absolute atomic E-state index is 12.9. The first kappa shape index (κ1) is 21.2. The number of imidazole rings is 1. The number of amides is 2. The van der Waals surface area contributed by atoms with Crippen molar-refractivity contribution in [2.45, 2.75) is 12.6 Å². The summed E-state index contributed by atoms with van der Waals surface area (Å²) in [5.41, 5.74) is 5.47. The minimum absolute atomic E-state index is 0.0703. The average Bonchev–Trinajstić information content (AvgIpc) is 3.38. The number of hydrogen-bond donors (Lipinski definition) is 2. The number of nitrogens with zero attached hydrogens (tertiary/aromatic N) is 2. The van der Waals surface area contributed by atoms with Crippen LogP contribution in [-0.4, -0.2) is 21.4 Å². The number of furan rings is 1. The number of halogens is 3. The van der Waals surface area contributed by atoms with Crippen LogP contribution >= 0.6 is 0 Å². The summed E-state index contributed by atoms with van der Waals surface area (Å²) in [5, 5.41) is 0. The Labute approximate surface area is 179 Å². The molecular weight excluding hydrogens is 425 g/mol. The molecule has 0 saturated heterocycles. The highest BCUT2D eigenvalue weighted by molar-refractivity contribution is 5.93. The highest BCUT2D eigenvalue weighted by Crippen LogP contribution is 2.32. The molecule has 0 aliphatic rings. The van der Waals surface area contributed by atoms with E-state index in [2.05, 4.69) is 15.8 Å². The molecular formula is C22H17F3N4O3. The maximum Gasteiger partial charge on any atom is 0.416 e. The molecule has 2 heterocycles. The van der Waals surface area contributed by atoms with E-state index < -0.39 is 23.6 Å². The van der Waals surface area contributed by atoms with Crippen LogP contribution in [0.15, 0.2) is 65.1 Å². The molecule has 0 aliphatic carbocycles. The smallest absolute Gasteiger partial charge is 0.416 e. The fourth-order valence-electron chi connectivity index (χ4n) is 3.19. The lowest BCUT2D eigenvalue weighted by molar-refractivity contribution is -0.137. The van der Waals surface area contributed by atoms with Crippen molar-refractivity contribution in [2.75, 3.05) is 0 Å². The number of hydrazine groups is 1. The summed E-state index contributed by atoms with van der Waals surface area (Å²) >= 11 is 0. The van der Waals surface area contributed by atoms with Crippen LogP contribution in [0, 0.1) is 0 Å². The second-order valence-electron chi connectivity index (χ2n) is 7.00. The molecule has 7 nitrogen and oxygen atoms in total. The van der Waals surface area contributed by atoms with Crippen LogP contribution in [0.1, 0.15) is 21.9 Å². The molecule has 10 heteroatoms. The van der Waals surface area contributed by atoms with Crippen LogP contribution < -0.4 is 10.9 Å². The zero-order chi connectivity index (χ0) is 22.9. The normalized spacial score (nSPS) is 11.5. The predicted molar refractivity (Wildman–Crippen MR) is 109 cm³/mol. The third-order valence-electron chi connectivity index (χ3n) is 4.82. The zero-order valence-corrected chi connectivity index (χ0v) is 16.7. The van der Waals surface area contributed by atoms with E-state index in [1.807, 2.05) is 24.3 Å². The van der Waals surface area contributed by atoms with Crippen LogP contribution in [0.2, 0.25) is 0 Å². The van der Waals surface area contributed by atoms with E-state index in [1.54, 1.807) is 11.6 Å². The van der Waals surface area contributed by atoms with E-state index in [4.69, 9.17) is 4.42 Å². The lowest BCUT2D eigenvalue weighted by atomic mass is 10.1. The van der Waals surface area contributed by atoms with Crippen LogP contribution in [0.25, 0.3) is 22.4 Å². The Morgan fingerprint density at radius 2 is 1.81 bits per heavy atom. The summed E-state index contributed by atoms with van der Waals surface area (Å²) in [6.45, 7) is 0. The Hall–Kier alpha value is -4.08. The molecule has 0 radical (unpaired) electrons. The minimum Gasteiger partial charge on any atom is -0.451 e. The SMILES string of the molecule is Cn1c(CC(=O)NNC(=O)c2ccc(-c3cccc(C(F)(F)F)c3)o2)nc2ccccc21. The van der Waals surface area contributed by atoms with Crippen molar-refractivity contribution in [3.8, 4) is 11.3 Å². The number of rotatable bonds is 4. The fraction of sp³-hybridized carbons (Fsp3) is 0.136. The van der Waals surface area contributed by atoms with Crippen molar-refractivity contribution >= 4 is 22.8 Å². The van der Waals surface area contributed by atoms with Gasteiger partial charge in [-0.25, -0.2) is 4.98 Å². The fourth-order valence-corrected chi connectivity index (χ4v) is 3.19. The number of alkyl halides is 3. The number of carbonyl (C=O) groups excluding carboxylic acids is 2. The lowest BCUT2D eigenvalue weighted by Gasteiger charge is -2.07. The predicted octanol–water partition coefficient (Wildman–Crippen LogP) is 3.86. The Kier molecular flexibility index (Phi) is 5.43. The molecule has 164 valence electrons. The van der Waals surface area contributed by atoms with Crippen LogP contribution in [0.3, 0.4) is 0 Å². The summed E-state index contributed by atoms with van der Waals surface area (Å²) in [7, 11) is 1.79. The van der Waals surface area contributed by atoms with Gasteiger partial charge in [0, 0.05) is 12.6 Å². The van der Waals surface area contributed by atoms with Crippen molar-refractivity contribution in [3.63, 3.8) is 0 Å². The van der Waals surface area contributed by atoms with E-state index in [9.17, 15) is 22.8 Å². The molecule has 2 aromatic carbocycles. The molecule has 0 atom stereocenters. The van der Waals surface area contributed by atoms with Gasteiger partial charge in [-0.3, -0.25) is 20.4 Å². The van der Waals surface area contributed by atoms with E-state index in [1.165, 1.54) is 24.3 Å². The van der Waals surface area contributed by atoms with Gasteiger partial charge in [0.15, 0.2) is 5.76 Å². The van der Waals surface area contributed by atoms with Gasteiger partial charge in [0.25, 0.3) is 0 Å². The standard InChI is InChI=1S/C22H17F3N4O3/c1-29-16-8-3-2-7-15(16)26-19(29)12-20(30)27-28-21(31)18-10-9-17(32-18)13-5-4-6-14(11-13)22(23,24)25/h2-11H,12H2,1H3,(H,27,30)(H,28,31). The van der Waals surface area contributed by atoms with Crippen molar-refractivity contribution in [2.24, 2.45) is 7.05 Å². The number of carbonyl (C=O) groups is 2. The Balaban J connectivity index is 1.39. The third kappa shape index (κ3) is 4.34. The topological polar surface area (TPSA) is 89.2 Å². The third-order valence-corrected chi connectivity index (χ3v) is 4.82. The van der Waals surface area contributed by atoms with Gasteiger partial charge < -0.3 is 8.98 Å². The first-order chi connectivity index (χ1) is 15.2. The monoisotopic (exact) mass is 442 g/mol. The molecule has 32 heavy (non-hydrogen) atoms. The van der Waals surface area contributed by atoms with Gasteiger partial charge in [-0.05, 0) is 36.4 Å². The van der Waals surface area contributed by atoms with Gasteiger partial charge in [0.05, 0.1) is 23.0 Å². The first-order valence-electron chi connectivity index (χ1n) is 9.49. The number of fused-ring (bicyclic) bond motifs is 1. The van der Waals surface area contributed by atoms with Gasteiger partial charge in [-0.15, -0.1) is 0 Å². The van der Waals surface area contributed by atoms with Crippen molar-refractivity contribution < 1.29 is 27.2 Å². The average molecular weight is 442 g/mol. The number of nitrogens with one attached hydrogen (secondary N) is 2.